The van der Waals surface area contributed by atoms with Crippen LogP contribution >= 0.6 is 11.3 Å². The molecule has 4 N–H and O–H groups in total. The van der Waals surface area contributed by atoms with Crippen molar-refractivity contribution in [3.05, 3.63) is 63.2 Å². The maximum atomic E-state index is 12.9. The van der Waals surface area contributed by atoms with Crippen LogP contribution in [0.25, 0.3) is 21.5 Å². The highest BCUT2D eigenvalue weighted by molar-refractivity contribution is 7.15. The molecule has 0 aliphatic rings. The molecule has 186 valence electrons. The minimum absolute atomic E-state index is 0.189. The van der Waals surface area contributed by atoms with Gasteiger partial charge in [-0.3, -0.25) is 4.57 Å². The molecule has 35 heavy (non-hydrogen) atoms. The first-order valence-electron chi connectivity index (χ1n) is 9.48. The molecule has 1 aromatic carbocycles. The highest BCUT2D eigenvalue weighted by atomic mass is 32.1. The maximum absolute atomic E-state index is 12.9. The number of thiophene rings is 1. The predicted molar refractivity (Wildman–Crippen MR) is 113 cm³/mol. The molecule has 3 heterocycles. The molecule has 0 saturated carbocycles. The number of carboxylic acid groups (broad SMARTS) is 1. The molecule has 0 radical (unpaired) electrons. The molecule has 10 nitrogen and oxygen atoms in total. The Hall–Kier alpha value is -3.92. The Balaban J connectivity index is 0.000000429. The van der Waals surface area contributed by atoms with Gasteiger partial charge >= 0.3 is 17.8 Å². The Morgan fingerprint density at radius 1 is 1.17 bits per heavy atom. The number of hydrogen-bond acceptors (Lipinski definition) is 8. The maximum Gasteiger partial charge on any atom is 0.490 e. The Morgan fingerprint density at radius 2 is 1.86 bits per heavy atom. The number of nitrogens with one attached hydrogen (secondary N) is 1. The molecular weight excluding hydrogens is 503 g/mol. The molecule has 3 aromatic heterocycles. The third-order valence-corrected chi connectivity index (χ3v) is 5.60. The summed E-state index contributed by atoms with van der Waals surface area (Å²) in [7, 11) is 0. The topological polar surface area (TPSA) is 153 Å². The van der Waals surface area contributed by atoms with Gasteiger partial charge in [-0.1, -0.05) is 6.07 Å². The van der Waals surface area contributed by atoms with Gasteiger partial charge in [-0.25, -0.2) is 19.3 Å². The lowest BCUT2D eigenvalue weighted by molar-refractivity contribution is -0.192. The fourth-order valence-electron chi connectivity index (χ4n) is 2.76. The zero-order valence-electron chi connectivity index (χ0n) is 17.3. The number of carboxylic acids is 1. The zero-order chi connectivity index (χ0) is 25.8. The standard InChI is InChI=1S/C17H14F2N6O2S.C2HF3O2/c18-16(19)10(7-20)6-15-21-22-17(26)25(15)8-11-2-4-14(28-11)9-1-3-12-13(5-9)24-27-23-12;3-2(4,5)1(6)7/h1-5H,6-8,20H2,(H,22,26);(H,6,7). The van der Waals surface area contributed by atoms with Crippen molar-refractivity contribution in [2.45, 2.75) is 19.1 Å². The number of alkyl halides is 3. The van der Waals surface area contributed by atoms with Gasteiger partial charge in [0, 0.05) is 28.3 Å². The van der Waals surface area contributed by atoms with Crippen molar-refractivity contribution in [2.75, 3.05) is 6.54 Å². The number of aromatic nitrogens is 5. The van der Waals surface area contributed by atoms with Crippen LogP contribution in [0.3, 0.4) is 0 Å². The second-order valence-electron chi connectivity index (χ2n) is 6.81. The summed E-state index contributed by atoms with van der Waals surface area (Å²) >= 11 is 1.48. The molecule has 16 heteroatoms. The average molecular weight is 518 g/mol. The summed E-state index contributed by atoms with van der Waals surface area (Å²) in [5.74, 6) is -2.55. The van der Waals surface area contributed by atoms with Gasteiger partial charge in [0.1, 0.15) is 16.9 Å². The molecule has 0 amide bonds. The van der Waals surface area contributed by atoms with E-state index in [1.807, 2.05) is 30.3 Å². The van der Waals surface area contributed by atoms with Crippen LogP contribution in [-0.2, 0) is 17.8 Å². The van der Waals surface area contributed by atoms with E-state index in [4.69, 9.17) is 20.3 Å². The molecule has 4 rings (SSSR count). The van der Waals surface area contributed by atoms with Crippen molar-refractivity contribution in [3.63, 3.8) is 0 Å². The SMILES string of the molecule is NCC(Cc1n[nH]c(=O)n1Cc1ccc(-c2ccc3nonc3c2)s1)=C(F)F.O=C(O)C(F)(F)F. The number of H-pyrrole nitrogens is 1. The Bertz CT molecular complexity index is 1420. The Morgan fingerprint density at radius 3 is 2.49 bits per heavy atom. The number of carbonyl (C=O) groups is 1. The molecule has 0 spiro atoms. The first-order chi connectivity index (χ1) is 16.5. The van der Waals surface area contributed by atoms with E-state index in [-0.39, 0.29) is 30.9 Å². The van der Waals surface area contributed by atoms with Crippen LogP contribution in [0.15, 0.2) is 51.4 Å². The van der Waals surface area contributed by atoms with Gasteiger partial charge in [-0.2, -0.15) is 27.1 Å². The quantitative estimate of drug-likeness (QED) is 0.329. The third-order valence-electron chi connectivity index (χ3n) is 4.48. The number of nitrogens with zero attached hydrogens (tertiary/aromatic N) is 4. The molecule has 0 unspecified atom stereocenters. The fraction of sp³-hybridized carbons (Fsp3) is 0.211. The Labute approximate surface area is 195 Å². The van der Waals surface area contributed by atoms with Crippen molar-refractivity contribution < 1.29 is 36.5 Å². The summed E-state index contributed by atoms with van der Waals surface area (Å²) in [6.07, 6.45) is -7.12. The van der Waals surface area contributed by atoms with Crippen LogP contribution in [0.5, 0.6) is 0 Å². The number of aromatic amines is 1. The summed E-state index contributed by atoms with van der Waals surface area (Å²) in [5.41, 5.74) is 6.89. The number of nitrogens with two attached hydrogens (primary N) is 1. The summed E-state index contributed by atoms with van der Waals surface area (Å²) in [5, 5.41) is 20.9. The van der Waals surface area contributed by atoms with E-state index in [0.29, 0.717) is 11.0 Å². The lowest BCUT2D eigenvalue weighted by Gasteiger charge is -2.05. The summed E-state index contributed by atoms with van der Waals surface area (Å²) in [6.45, 7) is -0.0826. The molecule has 0 aliphatic carbocycles. The summed E-state index contributed by atoms with van der Waals surface area (Å²) in [6, 6.07) is 9.38. The highest BCUT2D eigenvalue weighted by Crippen LogP contribution is 2.30. The van der Waals surface area contributed by atoms with Crippen LogP contribution in [0.4, 0.5) is 22.0 Å². The number of fused-ring (bicyclic) bond motifs is 1. The van der Waals surface area contributed by atoms with Gasteiger partial charge < -0.3 is 10.8 Å². The van der Waals surface area contributed by atoms with E-state index >= 15 is 0 Å². The number of aliphatic carboxylic acids is 1. The van der Waals surface area contributed by atoms with E-state index in [2.05, 4.69) is 20.5 Å². The van der Waals surface area contributed by atoms with Crippen molar-refractivity contribution in [1.82, 2.24) is 25.1 Å². The van der Waals surface area contributed by atoms with Crippen molar-refractivity contribution in [1.29, 1.82) is 0 Å². The van der Waals surface area contributed by atoms with Crippen molar-refractivity contribution >= 4 is 28.3 Å². The molecule has 0 aliphatic heterocycles. The van der Waals surface area contributed by atoms with Gasteiger partial charge in [0.2, 0.25) is 0 Å². The van der Waals surface area contributed by atoms with E-state index in [0.717, 1.165) is 15.3 Å². The monoisotopic (exact) mass is 518 g/mol. The van der Waals surface area contributed by atoms with E-state index in [1.54, 1.807) is 0 Å². The summed E-state index contributed by atoms with van der Waals surface area (Å²) in [4.78, 5) is 22.8. The second-order valence-corrected chi connectivity index (χ2v) is 7.98. The highest BCUT2D eigenvalue weighted by Gasteiger charge is 2.38. The number of hydrogen-bond donors (Lipinski definition) is 3. The molecule has 4 aromatic rings. The van der Waals surface area contributed by atoms with E-state index in [1.165, 1.54) is 15.9 Å². The summed E-state index contributed by atoms with van der Waals surface area (Å²) < 4.78 is 63.6. The van der Waals surface area contributed by atoms with Crippen molar-refractivity contribution in [3.8, 4) is 10.4 Å². The van der Waals surface area contributed by atoms with E-state index < -0.39 is 23.9 Å². The lowest BCUT2D eigenvalue weighted by Crippen LogP contribution is -2.21. The fourth-order valence-corrected chi connectivity index (χ4v) is 3.76. The van der Waals surface area contributed by atoms with Crippen molar-refractivity contribution in [2.24, 2.45) is 5.73 Å². The molecule has 0 bridgehead atoms. The van der Waals surface area contributed by atoms with Crippen LogP contribution in [0.2, 0.25) is 0 Å². The third kappa shape index (κ3) is 6.36. The number of halogens is 5. The number of benzene rings is 1. The van der Waals surface area contributed by atoms with Gasteiger partial charge in [-0.15, -0.1) is 11.3 Å². The smallest absolute Gasteiger partial charge is 0.475 e. The largest absolute Gasteiger partial charge is 0.490 e. The Kier molecular flexibility index (Phi) is 7.75. The van der Waals surface area contributed by atoms with Gasteiger partial charge in [0.15, 0.2) is 0 Å². The molecule has 0 atom stereocenters. The number of rotatable bonds is 6. The van der Waals surface area contributed by atoms with Crippen LogP contribution in [0, 0.1) is 0 Å². The minimum atomic E-state index is -5.08. The second kappa shape index (κ2) is 10.6. The van der Waals surface area contributed by atoms with E-state index in [9.17, 15) is 26.7 Å². The normalized spacial score (nSPS) is 11.3. The zero-order valence-corrected chi connectivity index (χ0v) is 18.2. The molecule has 0 saturated heterocycles. The van der Waals surface area contributed by atoms with Crippen LogP contribution in [-0.4, -0.2) is 48.9 Å². The van der Waals surface area contributed by atoms with Gasteiger partial charge in [-0.05, 0) is 40.1 Å². The first-order valence-corrected chi connectivity index (χ1v) is 10.3. The van der Waals surface area contributed by atoms with Crippen LogP contribution < -0.4 is 11.4 Å². The first kappa shape index (κ1) is 25.7. The lowest BCUT2D eigenvalue weighted by atomic mass is 10.1. The molecule has 0 fully saturated rings. The average Bonchev–Trinajstić information content (AvgIpc) is 3.53. The van der Waals surface area contributed by atoms with Gasteiger partial charge in [0.05, 0.1) is 6.54 Å². The minimum Gasteiger partial charge on any atom is -0.475 e. The van der Waals surface area contributed by atoms with Crippen LogP contribution in [0.1, 0.15) is 10.7 Å². The van der Waals surface area contributed by atoms with Gasteiger partial charge in [0.25, 0.3) is 6.08 Å². The molecular formula is C19H15F5N6O4S. The predicted octanol–water partition coefficient (Wildman–Crippen LogP) is 3.17.